The van der Waals surface area contributed by atoms with Crippen LogP contribution < -0.4 is 10.2 Å². The van der Waals surface area contributed by atoms with Gasteiger partial charge in [0, 0.05) is 6.20 Å². The quantitative estimate of drug-likeness (QED) is 0.440. The Morgan fingerprint density at radius 2 is 1.73 bits per heavy atom. The average molecular weight is 489 g/mol. The van der Waals surface area contributed by atoms with E-state index >= 15 is 0 Å². The van der Waals surface area contributed by atoms with Crippen LogP contribution in [0.3, 0.4) is 0 Å². The lowest BCUT2D eigenvalue weighted by atomic mass is 10.1. The van der Waals surface area contributed by atoms with Crippen LogP contribution in [0.1, 0.15) is 18.1 Å². The number of nitrogens with zero attached hydrogens (tertiary/aromatic N) is 4. The van der Waals surface area contributed by atoms with Crippen LogP contribution in [0.2, 0.25) is 0 Å². The molecule has 0 radical (unpaired) electrons. The maximum atomic E-state index is 13.0. The van der Waals surface area contributed by atoms with Crippen LogP contribution in [0.4, 0.5) is 37.7 Å². The van der Waals surface area contributed by atoms with Gasteiger partial charge in [-0.25, -0.2) is 0 Å². The van der Waals surface area contributed by atoms with Gasteiger partial charge in [0.2, 0.25) is 11.8 Å². The molecule has 4 rings (SSSR count). The number of halogens is 6. The smallest absolute Gasteiger partial charge is 0.323 e. The number of rotatable bonds is 3. The molecule has 0 saturated heterocycles. The van der Waals surface area contributed by atoms with Gasteiger partial charge >= 0.3 is 12.4 Å². The molecule has 33 heavy (non-hydrogen) atoms. The van der Waals surface area contributed by atoms with Crippen LogP contribution in [-0.4, -0.2) is 38.2 Å². The zero-order valence-electron chi connectivity index (χ0n) is 16.5. The third-order valence-corrected chi connectivity index (χ3v) is 5.83. The maximum absolute atomic E-state index is 13.0. The van der Waals surface area contributed by atoms with Crippen LogP contribution in [0, 0.1) is 0 Å². The van der Waals surface area contributed by atoms with E-state index in [9.17, 15) is 35.9 Å². The number of aromatic nitrogens is 3. The number of thioether (sulfide) groups is 1. The molecule has 3 heterocycles. The minimum atomic E-state index is -4.64. The van der Waals surface area contributed by atoms with E-state index in [0.717, 1.165) is 57.6 Å². The zero-order chi connectivity index (χ0) is 24.1. The second-order valence-corrected chi connectivity index (χ2v) is 8.40. The molecule has 2 aromatic heterocycles. The van der Waals surface area contributed by atoms with Gasteiger partial charge in [-0.1, -0.05) is 11.8 Å². The first-order chi connectivity index (χ1) is 15.3. The fraction of sp³-hybridized carbons (Fsp3) is 0.263. The highest BCUT2D eigenvalue weighted by atomic mass is 32.2. The number of hydrogen-bond donors (Lipinski definition) is 1. The highest BCUT2D eigenvalue weighted by Crippen LogP contribution is 2.38. The molecule has 0 aliphatic carbocycles. The normalized spacial score (nSPS) is 15.4. The Morgan fingerprint density at radius 3 is 2.39 bits per heavy atom. The van der Waals surface area contributed by atoms with E-state index in [1.54, 1.807) is 0 Å². The third kappa shape index (κ3) is 4.47. The van der Waals surface area contributed by atoms with Crippen molar-refractivity contribution in [3.63, 3.8) is 0 Å². The number of alkyl halides is 6. The van der Waals surface area contributed by atoms with Gasteiger partial charge in [-0.3, -0.25) is 18.9 Å². The molecule has 1 aliphatic rings. The Balaban J connectivity index is 1.61. The summed E-state index contributed by atoms with van der Waals surface area (Å²) in [5, 5.41) is 8.96. The molecule has 3 aromatic rings. The molecule has 1 atom stereocenters. The number of carbonyl (C=O) groups excluding carboxylic acids is 2. The SMILES string of the molecule is CC(Sc1nnc2ccc(C(F)(F)F)cn12)C(=O)N1CC(=O)Nc2cc(C(F)(F)F)ccc21. The summed E-state index contributed by atoms with van der Waals surface area (Å²) in [6, 6.07) is 4.59. The van der Waals surface area contributed by atoms with Gasteiger partial charge in [-0.15, -0.1) is 10.2 Å². The Morgan fingerprint density at radius 1 is 1.06 bits per heavy atom. The van der Waals surface area contributed by atoms with Crippen molar-refractivity contribution in [3.8, 4) is 0 Å². The first kappa shape index (κ1) is 22.9. The Hall–Kier alpha value is -3.29. The number of benzene rings is 1. The number of carbonyl (C=O) groups is 2. The summed E-state index contributed by atoms with van der Waals surface area (Å²) in [4.78, 5) is 26.1. The molecule has 14 heteroatoms. The van der Waals surface area contributed by atoms with E-state index in [1.165, 1.54) is 6.92 Å². The largest absolute Gasteiger partial charge is 0.417 e. The minimum absolute atomic E-state index is 0.00561. The first-order valence-electron chi connectivity index (χ1n) is 9.26. The molecule has 7 nitrogen and oxygen atoms in total. The van der Waals surface area contributed by atoms with Crippen LogP contribution >= 0.6 is 11.8 Å². The number of amides is 2. The van der Waals surface area contributed by atoms with E-state index in [0.29, 0.717) is 0 Å². The Bertz CT molecular complexity index is 1260. The van der Waals surface area contributed by atoms with Gasteiger partial charge in [0.05, 0.1) is 27.8 Å². The summed E-state index contributed by atoms with van der Waals surface area (Å²) in [6.45, 7) is 1.01. The van der Waals surface area contributed by atoms with Crippen molar-refractivity contribution in [1.29, 1.82) is 0 Å². The Labute approximate surface area is 185 Å². The molecule has 174 valence electrons. The number of anilines is 2. The molecule has 0 fully saturated rings. The van der Waals surface area contributed by atoms with Crippen LogP contribution in [0.25, 0.3) is 5.65 Å². The molecule has 0 bridgehead atoms. The van der Waals surface area contributed by atoms with Crippen LogP contribution in [-0.2, 0) is 21.9 Å². The van der Waals surface area contributed by atoms with Crippen molar-refractivity contribution < 1.29 is 35.9 Å². The fourth-order valence-corrected chi connectivity index (χ4v) is 4.10. The topological polar surface area (TPSA) is 79.6 Å². The number of fused-ring (bicyclic) bond motifs is 2. The second-order valence-electron chi connectivity index (χ2n) is 7.09. The maximum Gasteiger partial charge on any atom is 0.417 e. The summed E-state index contributed by atoms with van der Waals surface area (Å²) in [5.74, 6) is -1.32. The highest BCUT2D eigenvalue weighted by molar-refractivity contribution is 8.00. The monoisotopic (exact) mass is 489 g/mol. The lowest BCUT2D eigenvalue weighted by Crippen LogP contribution is -2.45. The number of nitrogens with one attached hydrogen (secondary N) is 1. The summed E-state index contributed by atoms with van der Waals surface area (Å²) in [6.07, 6.45) is -8.43. The predicted molar refractivity (Wildman–Crippen MR) is 106 cm³/mol. The van der Waals surface area contributed by atoms with Gasteiger partial charge in [0.1, 0.15) is 6.54 Å². The summed E-state index contributed by atoms with van der Waals surface area (Å²) < 4.78 is 79.2. The van der Waals surface area contributed by atoms with Crippen molar-refractivity contribution in [2.24, 2.45) is 0 Å². The van der Waals surface area contributed by atoms with E-state index in [-0.39, 0.29) is 22.2 Å². The third-order valence-electron chi connectivity index (χ3n) is 4.78. The fourth-order valence-electron chi connectivity index (χ4n) is 3.21. The summed E-state index contributed by atoms with van der Waals surface area (Å²) in [5.41, 5.74) is -1.89. The molecular weight excluding hydrogens is 476 g/mol. The molecule has 0 spiro atoms. The van der Waals surface area contributed by atoms with E-state index in [1.807, 2.05) is 0 Å². The van der Waals surface area contributed by atoms with Gasteiger partial charge < -0.3 is 5.32 Å². The second kappa shape index (κ2) is 7.93. The van der Waals surface area contributed by atoms with Gasteiger partial charge in [-0.05, 0) is 37.3 Å². The van der Waals surface area contributed by atoms with Crippen molar-refractivity contribution in [3.05, 3.63) is 47.7 Å². The van der Waals surface area contributed by atoms with Crippen LogP contribution in [0.15, 0.2) is 41.7 Å². The number of hydrogen-bond acceptors (Lipinski definition) is 5. The van der Waals surface area contributed by atoms with Gasteiger partial charge in [0.25, 0.3) is 0 Å². The zero-order valence-corrected chi connectivity index (χ0v) is 17.3. The van der Waals surface area contributed by atoms with E-state index in [4.69, 9.17) is 0 Å². The Kier molecular flexibility index (Phi) is 5.50. The standard InChI is InChI=1S/C19H13F6N5O2S/c1-9(33-17-28-27-14-5-3-11(7-30(14)17)19(23,24)25)16(32)29-8-15(31)26-12-6-10(18(20,21)22)2-4-13(12)29/h2-7,9H,8H2,1H3,(H,26,31). The van der Waals surface area contributed by atoms with Crippen molar-refractivity contribution in [1.82, 2.24) is 14.6 Å². The molecule has 1 aromatic carbocycles. The summed E-state index contributed by atoms with van der Waals surface area (Å²) in [7, 11) is 0. The molecule has 1 aliphatic heterocycles. The van der Waals surface area contributed by atoms with E-state index in [2.05, 4.69) is 15.5 Å². The lowest BCUT2D eigenvalue weighted by Gasteiger charge is -2.31. The molecule has 0 saturated carbocycles. The van der Waals surface area contributed by atoms with Crippen LogP contribution in [0.5, 0.6) is 0 Å². The predicted octanol–water partition coefficient (Wildman–Crippen LogP) is 4.23. The number of pyridine rings is 1. The molecule has 2 amide bonds. The highest BCUT2D eigenvalue weighted by Gasteiger charge is 2.36. The van der Waals surface area contributed by atoms with Gasteiger partial charge in [-0.2, -0.15) is 26.3 Å². The molecular formula is C19H13F6N5O2S. The average Bonchev–Trinajstić information content (AvgIpc) is 3.12. The van der Waals surface area contributed by atoms with Gasteiger partial charge in [0.15, 0.2) is 10.8 Å². The molecule has 1 unspecified atom stereocenters. The molecule has 1 N–H and O–H groups in total. The minimum Gasteiger partial charge on any atom is -0.323 e. The van der Waals surface area contributed by atoms with E-state index < -0.39 is 47.1 Å². The first-order valence-corrected chi connectivity index (χ1v) is 10.1. The summed E-state index contributed by atoms with van der Waals surface area (Å²) >= 11 is 0.803. The van der Waals surface area contributed by atoms with Crippen molar-refractivity contribution in [2.45, 2.75) is 29.7 Å². The van der Waals surface area contributed by atoms with Crippen molar-refractivity contribution >= 4 is 40.6 Å². The lowest BCUT2D eigenvalue weighted by molar-refractivity contribution is -0.138. The van der Waals surface area contributed by atoms with Crippen molar-refractivity contribution in [2.75, 3.05) is 16.8 Å².